The maximum Gasteiger partial charge on any atom is 0.151 e. The van der Waals surface area contributed by atoms with Gasteiger partial charge in [0, 0.05) is 18.8 Å². The Hall–Kier alpha value is -2.10. The molecule has 94 valence electrons. The number of aryl methyl sites for hydroxylation is 1. The van der Waals surface area contributed by atoms with Gasteiger partial charge in [-0.15, -0.1) is 0 Å². The van der Waals surface area contributed by atoms with Crippen molar-refractivity contribution >= 4 is 17.1 Å². The maximum atomic E-state index is 13.4. The highest BCUT2D eigenvalue weighted by atomic mass is 19.1. The number of nitrogens with two attached hydrogens (primary N) is 1. The third-order valence-corrected chi connectivity index (χ3v) is 2.91. The Kier molecular flexibility index (Phi) is 3.19. The Morgan fingerprint density at radius 3 is 2.39 bits per heavy atom. The first-order chi connectivity index (χ1) is 8.50. The van der Waals surface area contributed by atoms with E-state index in [2.05, 4.69) is 0 Å². The SMILES string of the molecule is Cc1ccccc1N(C)c1cc(F)cc(F)c1N. The highest BCUT2D eigenvalue weighted by Crippen LogP contribution is 2.32. The van der Waals surface area contributed by atoms with Gasteiger partial charge in [-0.05, 0) is 24.6 Å². The largest absolute Gasteiger partial charge is 0.395 e. The van der Waals surface area contributed by atoms with Crippen LogP contribution in [0.1, 0.15) is 5.56 Å². The van der Waals surface area contributed by atoms with Crippen LogP contribution < -0.4 is 10.6 Å². The minimum atomic E-state index is -0.745. The van der Waals surface area contributed by atoms with Crippen LogP contribution in [0.2, 0.25) is 0 Å². The lowest BCUT2D eigenvalue weighted by molar-refractivity contribution is 0.586. The first-order valence-electron chi connectivity index (χ1n) is 5.54. The van der Waals surface area contributed by atoms with E-state index >= 15 is 0 Å². The number of nitrogen functional groups attached to an aromatic ring is 1. The number of rotatable bonds is 2. The molecule has 0 unspecified atom stereocenters. The van der Waals surface area contributed by atoms with Crippen molar-refractivity contribution in [2.75, 3.05) is 17.7 Å². The van der Waals surface area contributed by atoms with Gasteiger partial charge >= 0.3 is 0 Å². The molecule has 2 nitrogen and oxygen atoms in total. The first kappa shape index (κ1) is 12.4. The summed E-state index contributed by atoms with van der Waals surface area (Å²) in [6.45, 7) is 1.93. The molecule has 0 spiro atoms. The van der Waals surface area contributed by atoms with Crippen LogP contribution in [-0.2, 0) is 0 Å². The van der Waals surface area contributed by atoms with Gasteiger partial charge in [0.05, 0.1) is 11.4 Å². The lowest BCUT2D eigenvalue weighted by Crippen LogP contribution is -2.14. The number of benzene rings is 2. The Morgan fingerprint density at radius 1 is 1.06 bits per heavy atom. The molecule has 0 heterocycles. The van der Waals surface area contributed by atoms with Crippen molar-refractivity contribution in [3.8, 4) is 0 Å². The summed E-state index contributed by atoms with van der Waals surface area (Å²) < 4.78 is 26.7. The van der Waals surface area contributed by atoms with Gasteiger partial charge in [-0.1, -0.05) is 18.2 Å². The van der Waals surface area contributed by atoms with Crippen molar-refractivity contribution in [2.24, 2.45) is 0 Å². The molecular formula is C14H14F2N2. The van der Waals surface area contributed by atoms with Crippen LogP contribution in [0.15, 0.2) is 36.4 Å². The summed E-state index contributed by atoms with van der Waals surface area (Å²) in [5, 5.41) is 0. The van der Waals surface area contributed by atoms with E-state index in [1.54, 1.807) is 11.9 Å². The predicted molar refractivity (Wildman–Crippen MR) is 70.0 cm³/mol. The summed E-state index contributed by atoms with van der Waals surface area (Å²) in [4.78, 5) is 1.68. The number of anilines is 3. The van der Waals surface area contributed by atoms with Crippen LogP contribution in [0, 0.1) is 18.6 Å². The molecule has 0 fully saturated rings. The lowest BCUT2D eigenvalue weighted by Gasteiger charge is -2.23. The second-order valence-corrected chi connectivity index (χ2v) is 4.17. The Labute approximate surface area is 105 Å². The minimum absolute atomic E-state index is 0.0536. The minimum Gasteiger partial charge on any atom is -0.395 e. The highest BCUT2D eigenvalue weighted by molar-refractivity contribution is 5.76. The monoisotopic (exact) mass is 248 g/mol. The van der Waals surface area contributed by atoms with Crippen LogP contribution >= 0.6 is 0 Å². The van der Waals surface area contributed by atoms with E-state index in [0.29, 0.717) is 5.69 Å². The topological polar surface area (TPSA) is 29.3 Å². The van der Waals surface area contributed by atoms with Gasteiger partial charge in [-0.2, -0.15) is 0 Å². The van der Waals surface area contributed by atoms with Crippen molar-refractivity contribution in [3.63, 3.8) is 0 Å². The summed E-state index contributed by atoms with van der Waals surface area (Å²) >= 11 is 0. The van der Waals surface area contributed by atoms with Crippen LogP contribution in [0.3, 0.4) is 0 Å². The van der Waals surface area contributed by atoms with Gasteiger partial charge in [0.1, 0.15) is 5.82 Å². The highest BCUT2D eigenvalue weighted by Gasteiger charge is 2.14. The second kappa shape index (κ2) is 4.64. The first-order valence-corrected chi connectivity index (χ1v) is 5.54. The number of nitrogens with zero attached hydrogens (tertiary/aromatic N) is 1. The molecule has 2 aromatic rings. The summed E-state index contributed by atoms with van der Waals surface area (Å²) in [5.74, 6) is -1.39. The third kappa shape index (κ3) is 2.14. The smallest absolute Gasteiger partial charge is 0.151 e. The number of hydrogen-bond donors (Lipinski definition) is 1. The molecule has 0 saturated carbocycles. The molecular weight excluding hydrogens is 234 g/mol. The summed E-state index contributed by atoms with van der Waals surface area (Å²) in [7, 11) is 1.73. The number of hydrogen-bond acceptors (Lipinski definition) is 2. The van der Waals surface area contributed by atoms with Crippen LogP contribution in [0.25, 0.3) is 0 Å². The van der Waals surface area contributed by atoms with Gasteiger partial charge in [0.2, 0.25) is 0 Å². The summed E-state index contributed by atoms with van der Waals surface area (Å²) in [5.41, 5.74) is 7.78. The Morgan fingerprint density at radius 2 is 1.72 bits per heavy atom. The molecule has 0 radical (unpaired) electrons. The van der Waals surface area contributed by atoms with Gasteiger partial charge in [0.15, 0.2) is 5.82 Å². The molecule has 0 aliphatic heterocycles. The molecule has 2 rings (SSSR count). The van der Waals surface area contributed by atoms with Crippen LogP contribution in [-0.4, -0.2) is 7.05 Å². The van der Waals surface area contributed by atoms with Crippen molar-refractivity contribution in [3.05, 3.63) is 53.6 Å². The average molecular weight is 248 g/mol. The zero-order valence-corrected chi connectivity index (χ0v) is 10.2. The molecule has 0 saturated heterocycles. The molecule has 2 N–H and O–H groups in total. The standard InChI is InChI=1S/C14H14F2N2/c1-9-5-3-4-6-12(9)18(2)13-8-10(15)7-11(16)14(13)17/h3-8H,17H2,1-2H3. The maximum absolute atomic E-state index is 13.4. The van der Waals surface area contributed by atoms with Crippen LogP contribution in [0.4, 0.5) is 25.8 Å². The van der Waals surface area contributed by atoms with E-state index in [1.165, 1.54) is 6.07 Å². The van der Waals surface area contributed by atoms with E-state index < -0.39 is 11.6 Å². The predicted octanol–water partition coefficient (Wildman–Crippen LogP) is 3.62. The molecule has 0 aliphatic carbocycles. The van der Waals surface area contributed by atoms with Crippen molar-refractivity contribution in [2.45, 2.75) is 6.92 Å². The van der Waals surface area contributed by atoms with Crippen LogP contribution in [0.5, 0.6) is 0 Å². The van der Waals surface area contributed by atoms with Crippen molar-refractivity contribution in [1.82, 2.24) is 0 Å². The Bertz CT molecular complexity index is 582. The van der Waals surface area contributed by atoms with E-state index in [4.69, 9.17) is 5.73 Å². The molecule has 0 aromatic heterocycles. The van der Waals surface area contributed by atoms with Gasteiger partial charge < -0.3 is 10.6 Å². The fourth-order valence-electron chi connectivity index (χ4n) is 1.92. The molecule has 18 heavy (non-hydrogen) atoms. The number of para-hydroxylation sites is 1. The van der Waals surface area contributed by atoms with E-state index in [-0.39, 0.29) is 5.69 Å². The van der Waals surface area contributed by atoms with Gasteiger partial charge in [0.25, 0.3) is 0 Å². The molecule has 4 heteroatoms. The quantitative estimate of drug-likeness (QED) is 0.822. The fraction of sp³-hybridized carbons (Fsp3) is 0.143. The fourth-order valence-corrected chi connectivity index (χ4v) is 1.92. The third-order valence-electron chi connectivity index (χ3n) is 2.91. The van der Waals surface area contributed by atoms with E-state index in [9.17, 15) is 8.78 Å². The summed E-state index contributed by atoms with van der Waals surface area (Å²) in [6.07, 6.45) is 0. The Balaban J connectivity index is 2.53. The van der Waals surface area contributed by atoms with Crippen molar-refractivity contribution < 1.29 is 8.78 Å². The van der Waals surface area contributed by atoms with Gasteiger partial charge in [-0.3, -0.25) is 0 Å². The van der Waals surface area contributed by atoms with Crippen molar-refractivity contribution in [1.29, 1.82) is 0 Å². The van der Waals surface area contributed by atoms with E-state index in [1.807, 2.05) is 31.2 Å². The number of halogens is 2. The molecule has 0 amide bonds. The zero-order chi connectivity index (χ0) is 13.3. The molecule has 2 aromatic carbocycles. The summed E-state index contributed by atoms with van der Waals surface area (Å²) in [6, 6.07) is 9.58. The molecule has 0 atom stereocenters. The lowest BCUT2D eigenvalue weighted by atomic mass is 10.1. The average Bonchev–Trinajstić information content (AvgIpc) is 2.33. The second-order valence-electron chi connectivity index (χ2n) is 4.17. The zero-order valence-electron chi connectivity index (χ0n) is 10.2. The van der Waals surface area contributed by atoms with E-state index in [0.717, 1.165) is 17.3 Å². The molecule has 0 aliphatic rings. The normalized spacial score (nSPS) is 10.4. The molecule has 0 bridgehead atoms. The van der Waals surface area contributed by atoms with Gasteiger partial charge in [-0.25, -0.2) is 8.78 Å².